The lowest BCUT2D eigenvalue weighted by Crippen LogP contribution is -2.35. The molecule has 1 rings (SSSR count). The second-order valence-electron chi connectivity index (χ2n) is 8.98. The fraction of sp³-hybridized carbons (Fsp3) is 0.621. The van der Waals surface area contributed by atoms with Crippen LogP contribution in [0.3, 0.4) is 0 Å². The number of hydrogen-bond donors (Lipinski definition) is 2. The molecule has 0 fully saturated rings. The number of amides is 1. The predicted octanol–water partition coefficient (Wildman–Crippen LogP) is 2.68. The quantitative estimate of drug-likeness (QED) is 0.166. The van der Waals surface area contributed by atoms with Gasteiger partial charge in [0.1, 0.15) is 5.78 Å². The van der Waals surface area contributed by atoms with Crippen LogP contribution in [0.15, 0.2) is 18.2 Å². The van der Waals surface area contributed by atoms with E-state index in [1.54, 1.807) is 25.3 Å². The number of benzene rings is 1. The van der Waals surface area contributed by atoms with Gasteiger partial charge in [-0.1, -0.05) is 6.92 Å². The maximum Gasteiger partial charge on any atom is 0.337 e. The third-order valence-electron chi connectivity index (χ3n) is 6.18. The molecule has 0 aliphatic heterocycles. The molecule has 0 heterocycles. The summed E-state index contributed by atoms with van der Waals surface area (Å²) >= 11 is 0. The molecule has 0 saturated heterocycles. The average molecular weight is 600 g/mol. The molecular formula is C29H45NO12. The van der Waals surface area contributed by atoms with Crippen molar-refractivity contribution in [3.05, 3.63) is 23.8 Å². The standard InChI is InChI=1S/C19H33NO8.C10H12O4/c1-4-14(6-8-18(24)27-3)16(21)13-15(5-7-17(22)23)19(25)20-9-10-28-12-11-26-2;1-12-8-5-4-7(10(11)14-3)6-9(8)13-2/h14-15H,4-13H2,1-3H3,(H,20,25)(H,22,23);4-6H,1-3H3/t14-,15+;/m0./s1. The monoisotopic (exact) mass is 599 g/mol. The molecule has 0 aliphatic carbocycles. The molecule has 0 aromatic heterocycles. The SMILES string of the molecule is CC[C@@H](CCC(=O)OC)C(=O)C[C@@H](CCC(=O)O)C(=O)NCCOCCOC.COC(=O)c1ccc(OC)c(OC)c1. The van der Waals surface area contributed by atoms with E-state index in [2.05, 4.69) is 14.8 Å². The number of rotatable bonds is 20. The summed E-state index contributed by atoms with van der Waals surface area (Å²) in [6.07, 6.45) is 0.841. The first-order chi connectivity index (χ1) is 20.1. The number of esters is 2. The number of hydrogen-bond acceptors (Lipinski definition) is 11. The molecule has 1 amide bonds. The van der Waals surface area contributed by atoms with E-state index in [9.17, 15) is 24.0 Å². The summed E-state index contributed by atoms with van der Waals surface area (Å²) in [6, 6.07) is 4.85. The number of carbonyl (C=O) groups excluding carboxylic acids is 4. The molecule has 1 aromatic rings. The van der Waals surface area contributed by atoms with Gasteiger partial charge in [-0.3, -0.25) is 19.2 Å². The molecular weight excluding hydrogens is 554 g/mol. The highest BCUT2D eigenvalue weighted by Gasteiger charge is 2.26. The van der Waals surface area contributed by atoms with Gasteiger partial charge in [0.15, 0.2) is 11.5 Å². The van der Waals surface area contributed by atoms with Gasteiger partial charge >= 0.3 is 17.9 Å². The third-order valence-corrected chi connectivity index (χ3v) is 6.18. The Morgan fingerprint density at radius 3 is 2.05 bits per heavy atom. The summed E-state index contributed by atoms with van der Waals surface area (Å²) in [4.78, 5) is 58.3. The summed E-state index contributed by atoms with van der Waals surface area (Å²) in [5.74, 6) is -2.32. The summed E-state index contributed by atoms with van der Waals surface area (Å²) in [5.41, 5.74) is 0.435. The van der Waals surface area contributed by atoms with E-state index >= 15 is 0 Å². The number of Topliss-reactive ketones (excluding diaryl/α,β-unsaturated/α-hetero) is 1. The second kappa shape index (κ2) is 22.9. The van der Waals surface area contributed by atoms with Crippen LogP contribution in [-0.4, -0.2) is 96.6 Å². The van der Waals surface area contributed by atoms with Gasteiger partial charge in [0.2, 0.25) is 5.91 Å². The minimum atomic E-state index is -1.02. The molecule has 13 nitrogen and oxygen atoms in total. The molecule has 0 saturated carbocycles. The first kappa shape index (κ1) is 38.3. The topological polar surface area (TPSA) is 173 Å². The van der Waals surface area contributed by atoms with Gasteiger partial charge in [0, 0.05) is 44.8 Å². The molecule has 1 aromatic carbocycles. The third kappa shape index (κ3) is 15.9. The molecule has 0 spiro atoms. The van der Waals surface area contributed by atoms with Gasteiger partial charge in [0.25, 0.3) is 0 Å². The van der Waals surface area contributed by atoms with E-state index in [-0.39, 0.29) is 55.8 Å². The Hall–Kier alpha value is -3.71. The van der Waals surface area contributed by atoms with E-state index in [4.69, 9.17) is 24.1 Å². The maximum atomic E-state index is 12.6. The second-order valence-corrected chi connectivity index (χ2v) is 8.98. The molecule has 0 bridgehead atoms. The number of ether oxygens (including phenoxy) is 6. The van der Waals surface area contributed by atoms with Gasteiger partial charge in [-0.05, 0) is 37.5 Å². The van der Waals surface area contributed by atoms with Gasteiger partial charge in [-0.15, -0.1) is 0 Å². The van der Waals surface area contributed by atoms with E-state index in [0.717, 1.165) is 0 Å². The summed E-state index contributed by atoms with van der Waals surface area (Å²) in [7, 11) is 7.23. The van der Waals surface area contributed by atoms with Crippen molar-refractivity contribution in [1.82, 2.24) is 5.32 Å². The zero-order valence-corrected chi connectivity index (χ0v) is 25.4. The zero-order valence-electron chi connectivity index (χ0n) is 25.4. The van der Waals surface area contributed by atoms with Gasteiger partial charge in [-0.25, -0.2) is 4.79 Å². The Morgan fingerprint density at radius 2 is 1.50 bits per heavy atom. The molecule has 13 heteroatoms. The number of ketones is 1. The van der Waals surface area contributed by atoms with Crippen molar-refractivity contribution >= 4 is 29.6 Å². The number of aliphatic carboxylic acids is 1. The number of methoxy groups -OCH3 is 5. The van der Waals surface area contributed by atoms with E-state index in [0.29, 0.717) is 49.7 Å². The lowest BCUT2D eigenvalue weighted by molar-refractivity contribution is -0.142. The highest BCUT2D eigenvalue weighted by molar-refractivity contribution is 5.90. The first-order valence-corrected chi connectivity index (χ1v) is 13.5. The van der Waals surface area contributed by atoms with Crippen LogP contribution >= 0.6 is 0 Å². The van der Waals surface area contributed by atoms with E-state index < -0.39 is 17.9 Å². The van der Waals surface area contributed by atoms with Crippen LogP contribution in [-0.2, 0) is 38.1 Å². The summed E-state index contributed by atoms with van der Waals surface area (Å²) < 4.78 is 29.3. The minimum Gasteiger partial charge on any atom is -0.493 e. The van der Waals surface area contributed by atoms with Gasteiger partial charge < -0.3 is 38.8 Å². The average Bonchev–Trinajstić information content (AvgIpc) is 3.00. The van der Waals surface area contributed by atoms with Crippen LogP contribution in [0, 0.1) is 11.8 Å². The van der Waals surface area contributed by atoms with Crippen LogP contribution in [0.2, 0.25) is 0 Å². The minimum absolute atomic E-state index is 0.0523. The maximum absolute atomic E-state index is 12.6. The van der Waals surface area contributed by atoms with Crippen LogP contribution in [0.4, 0.5) is 0 Å². The smallest absolute Gasteiger partial charge is 0.337 e. The molecule has 2 N–H and O–H groups in total. The van der Waals surface area contributed by atoms with Gasteiger partial charge in [-0.2, -0.15) is 0 Å². The Kier molecular flexibility index (Phi) is 20.9. The summed E-state index contributed by atoms with van der Waals surface area (Å²) in [5, 5.41) is 11.6. The highest BCUT2D eigenvalue weighted by atomic mass is 16.5. The first-order valence-electron chi connectivity index (χ1n) is 13.5. The van der Waals surface area contributed by atoms with E-state index in [1.165, 1.54) is 28.4 Å². The molecule has 0 unspecified atom stereocenters. The number of carboxylic acid groups (broad SMARTS) is 1. The van der Waals surface area contributed by atoms with Crippen molar-refractivity contribution in [2.45, 2.75) is 45.4 Å². The van der Waals surface area contributed by atoms with Crippen molar-refractivity contribution in [3.63, 3.8) is 0 Å². The Morgan fingerprint density at radius 1 is 0.833 bits per heavy atom. The van der Waals surface area contributed by atoms with Crippen molar-refractivity contribution in [1.29, 1.82) is 0 Å². The molecule has 2 atom stereocenters. The predicted molar refractivity (Wildman–Crippen MR) is 152 cm³/mol. The molecule has 0 aliphatic rings. The van der Waals surface area contributed by atoms with Crippen LogP contribution in [0.5, 0.6) is 11.5 Å². The number of carbonyl (C=O) groups is 5. The van der Waals surface area contributed by atoms with Crippen LogP contribution in [0.25, 0.3) is 0 Å². The number of carboxylic acids is 1. The fourth-order valence-corrected chi connectivity index (χ4v) is 3.74. The van der Waals surface area contributed by atoms with E-state index in [1.807, 2.05) is 6.92 Å². The fourth-order valence-electron chi connectivity index (χ4n) is 3.74. The largest absolute Gasteiger partial charge is 0.493 e. The van der Waals surface area contributed by atoms with Crippen molar-refractivity contribution in [2.75, 3.05) is 61.9 Å². The lowest BCUT2D eigenvalue weighted by Gasteiger charge is -2.19. The van der Waals surface area contributed by atoms with Crippen LogP contribution in [0.1, 0.15) is 55.8 Å². The Bertz CT molecular complexity index is 981. The molecule has 0 radical (unpaired) electrons. The lowest BCUT2D eigenvalue weighted by atomic mass is 9.87. The molecule has 238 valence electrons. The normalized spacial score (nSPS) is 11.7. The molecule has 42 heavy (non-hydrogen) atoms. The van der Waals surface area contributed by atoms with Crippen LogP contribution < -0.4 is 14.8 Å². The zero-order chi connectivity index (χ0) is 31.9. The Labute approximate surface area is 247 Å². The van der Waals surface area contributed by atoms with Crippen molar-refractivity contribution in [3.8, 4) is 11.5 Å². The highest BCUT2D eigenvalue weighted by Crippen LogP contribution is 2.27. The van der Waals surface area contributed by atoms with Crippen molar-refractivity contribution in [2.24, 2.45) is 11.8 Å². The Balaban J connectivity index is 0.000000996. The number of nitrogens with one attached hydrogen (secondary N) is 1. The van der Waals surface area contributed by atoms with Gasteiger partial charge in [0.05, 0.1) is 53.8 Å². The summed E-state index contributed by atoms with van der Waals surface area (Å²) in [6.45, 7) is 3.26. The van der Waals surface area contributed by atoms with Crippen molar-refractivity contribution < 1.29 is 57.5 Å².